The van der Waals surface area contributed by atoms with Crippen LogP contribution in [0.4, 0.5) is 0 Å². The van der Waals surface area contributed by atoms with E-state index in [0.29, 0.717) is 0 Å². The molecule has 0 aliphatic heterocycles. The van der Waals surface area contributed by atoms with Crippen LogP contribution in [0.25, 0.3) is 0 Å². The molecule has 2 N–H and O–H groups in total. The number of hydrogen-bond donors (Lipinski definition) is 1. The topological polar surface area (TPSA) is 72.6 Å². The van der Waals surface area contributed by atoms with E-state index in [1.807, 2.05) is 0 Å². The molecule has 13 heavy (non-hydrogen) atoms. The van der Waals surface area contributed by atoms with E-state index in [4.69, 9.17) is 10.5 Å². The standard InChI is InChI=1S/C8H16N2O3/c1-8(13-4,7(9)12)5-6(11)10(2)3/h5H2,1-4H3,(H2,9,12). The predicted octanol–water partition coefficient (Wildman–Crippen LogP) is -0.645. The third-order valence-electron chi connectivity index (χ3n) is 1.96. The van der Waals surface area contributed by atoms with Crippen LogP contribution in [-0.4, -0.2) is 43.5 Å². The molecular weight excluding hydrogens is 172 g/mol. The summed E-state index contributed by atoms with van der Waals surface area (Å²) < 4.78 is 4.90. The fraction of sp³-hybridized carbons (Fsp3) is 0.750. The summed E-state index contributed by atoms with van der Waals surface area (Å²) in [6, 6.07) is 0. The van der Waals surface area contributed by atoms with Gasteiger partial charge in [0.05, 0.1) is 6.42 Å². The summed E-state index contributed by atoms with van der Waals surface area (Å²) in [5, 5.41) is 0. The summed E-state index contributed by atoms with van der Waals surface area (Å²) in [7, 11) is 4.58. The molecule has 1 atom stereocenters. The molecule has 1 unspecified atom stereocenters. The lowest BCUT2D eigenvalue weighted by molar-refractivity contribution is -0.147. The number of carbonyl (C=O) groups is 2. The van der Waals surface area contributed by atoms with Gasteiger partial charge in [0, 0.05) is 21.2 Å². The van der Waals surface area contributed by atoms with Gasteiger partial charge in [-0.2, -0.15) is 0 Å². The lowest BCUT2D eigenvalue weighted by atomic mass is 10.0. The Kier molecular flexibility index (Phi) is 3.87. The quantitative estimate of drug-likeness (QED) is 0.637. The van der Waals surface area contributed by atoms with Crippen molar-refractivity contribution in [2.75, 3.05) is 21.2 Å². The number of ether oxygens (including phenoxy) is 1. The van der Waals surface area contributed by atoms with Crippen LogP contribution in [0, 0.1) is 0 Å². The highest BCUT2D eigenvalue weighted by atomic mass is 16.5. The van der Waals surface area contributed by atoms with Gasteiger partial charge < -0.3 is 15.4 Å². The van der Waals surface area contributed by atoms with E-state index in [-0.39, 0.29) is 12.3 Å². The Morgan fingerprint density at radius 2 is 1.92 bits per heavy atom. The summed E-state index contributed by atoms with van der Waals surface area (Å²) in [4.78, 5) is 23.6. The van der Waals surface area contributed by atoms with Gasteiger partial charge in [-0.25, -0.2) is 0 Å². The molecule has 0 heterocycles. The molecule has 76 valence electrons. The van der Waals surface area contributed by atoms with Crippen molar-refractivity contribution >= 4 is 11.8 Å². The second kappa shape index (κ2) is 4.23. The van der Waals surface area contributed by atoms with Gasteiger partial charge in [-0.1, -0.05) is 0 Å². The first-order valence-electron chi connectivity index (χ1n) is 3.88. The van der Waals surface area contributed by atoms with Gasteiger partial charge in [0.25, 0.3) is 0 Å². The Balaban J connectivity index is 4.45. The molecule has 0 saturated heterocycles. The molecule has 0 aromatic rings. The van der Waals surface area contributed by atoms with Crippen LogP contribution < -0.4 is 5.73 Å². The molecule has 0 bridgehead atoms. The molecule has 0 aromatic heterocycles. The summed E-state index contributed by atoms with van der Waals surface area (Å²) in [6.45, 7) is 1.50. The van der Waals surface area contributed by atoms with E-state index in [0.717, 1.165) is 0 Å². The number of primary amides is 1. The van der Waals surface area contributed by atoms with Crippen molar-refractivity contribution < 1.29 is 14.3 Å². The van der Waals surface area contributed by atoms with Gasteiger partial charge in [0.15, 0.2) is 5.60 Å². The summed E-state index contributed by atoms with van der Waals surface area (Å²) in [6.07, 6.45) is -0.0359. The zero-order chi connectivity index (χ0) is 10.6. The van der Waals surface area contributed by atoms with E-state index >= 15 is 0 Å². The van der Waals surface area contributed by atoms with Gasteiger partial charge >= 0.3 is 0 Å². The molecule has 0 aromatic carbocycles. The molecule has 0 saturated carbocycles. The van der Waals surface area contributed by atoms with Gasteiger partial charge in [-0.05, 0) is 6.92 Å². The average molecular weight is 188 g/mol. The molecule has 0 rings (SSSR count). The Bertz CT molecular complexity index is 215. The minimum atomic E-state index is -1.21. The van der Waals surface area contributed by atoms with Crippen LogP contribution >= 0.6 is 0 Å². The first-order chi connectivity index (χ1) is 5.83. The third kappa shape index (κ3) is 3.02. The predicted molar refractivity (Wildman–Crippen MR) is 47.9 cm³/mol. The Morgan fingerprint density at radius 3 is 2.15 bits per heavy atom. The zero-order valence-corrected chi connectivity index (χ0v) is 8.46. The van der Waals surface area contributed by atoms with Crippen molar-refractivity contribution in [3.05, 3.63) is 0 Å². The van der Waals surface area contributed by atoms with Crippen LogP contribution in [0.1, 0.15) is 13.3 Å². The van der Waals surface area contributed by atoms with E-state index in [1.165, 1.54) is 18.9 Å². The first-order valence-corrected chi connectivity index (χ1v) is 3.88. The van der Waals surface area contributed by atoms with Crippen LogP contribution in [0.5, 0.6) is 0 Å². The van der Waals surface area contributed by atoms with Crippen LogP contribution in [-0.2, 0) is 14.3 Å². The van der Waals surface area contributed by atoms with Gasteiger partial charge in [-0.15, -0.1) is 0 Å². The number of carbonyl (C=O) groups excluding carboxylic acids is 2. The smallest absolute Gasteiger partial charge is 0.249 e. The third-order valence-corrected chi connectivity index (χ3v) is 1.96. The average Bonchev–Trinajstić information content (AvgIpc) is 2.03. The molecule has 0 fully saturated rings. The zero-order valence-electron chi connectivity index (χ0n) is 8.46. The molecule has 0 aliphatic rings. The van der Waals surface area contributed by atoms with E-state index < -0.39 is 11.5 Å². The van der Waals surface area contributed by atoms with E-state index in [9.17, 15) is 9.59 Å². The first kappa shape index (κ1) is 11.9. The number of amides is 2. The van der Waals surface area contributed by atoms with Gasteiger partial charge in [-0.3, -0.25) is 9.59 Å². The Hall–Kier alpha value is -1.10. The largest absolute Gasteiger partial charge is 0.368 e. The lowest BCUT2D eigenvalue weighted by Crippen LogP contribution is -2.46. The molecule has 5 nitrogen and oxygen atoms in total. The lowest BCUT2D eigenvalue weighted by Gasteiger charge is -2.24. The van der Waals surface area contributed by atoms with Crippen molar-refractivity contribution in [1.29, 1.82) is 0 Å². The van der Waals surface area contributed by atoms with Crippen molar-refractivity contribution in [3.63, 3.8) is 0 Å². The Labute approximate surface area is 77.8 Å². The van der Waals surface area contributed by atoms with Crippen molar-refractivity contribution in [1.82, 2.24) is 4.90 Å². The second-order valence-corrected chi connectivity index (χ2v) is 3.26. The molecule has 5 heteroatoms. The summed E-state index contributed by atoms with van der Waals surface area (Å²) in [5.74, 6) is -0.826. The number of nitrogens with two attached hydrogens (primary N) is 1. The van der Waals surface area contributed by atoms with E-state index in [1.54, 1.807) is 14.1 Å². The van der Waals surface area contributed by atoms with Crippen molar-refractivity contribution in [3.8, 4) is 0 Å². The maximum absolute atomic E-state index is 11.3. The minimum absolute atomic E-state index is 0.0359. The van der Waals surface area contributed by atoms with Crippen LogP contribution in [0.2, 0.25) is 0 Å². The molecule has 0 spiro atoms. The summed E-state index contributed by atoms with van der Waals surface area (Å²) >= 11 is 0. The van der Waals surface area contributed by atoms with Gasteiger partial charge in [0.2, 0.25) is 11.8 Å². The second-order valence-electron chi connectivity index (χ2n) is 3.26. The SMILES string of the molecule is COC(C)(CC(=O)N(C)C)C(N)=O. The number of hydrogen-bond acceptors (Lipinski definition) is 3. The highest BCUT2D eigenvalue weighted by Crippen LogP contribution is 2.14. The monoisotopic (exact) mass is 188 g/mol. The van der Waals surface area contributed by atoms with Crippen LogP contribution in [0.15, 0.2) is 0 Å². The highest BCUT2D eigenvalue weighted by molar-refractivity contribution is 5.89. The molecule has 0 aliphatic carbocycles. The van der Waals surface area contributed by atoms with Crippen molar-refractivity contribution in [2.24, 2.45) is 5.73 Å². The molecular formula is C8H16N2O3. The summed E-state index contributed by atoms with van der Waals surface area (Å²) in [5.41, 5.74) is 3.89. The van der Waals surface area contributed by atoms with Gasteiger partial charge in [0.1, 0.15) is 0 Å². The Morgan fingerprint density at radius 1 is 1.46 bits per heavy atom. The normalized spacial score (nSPS) is 14.8. The number of methoxy groups -OCH3 is 1. The fourth-order valence-electron chi connectivity index (χ4n) is 0.707. The fourth-order valence-corrected chi connectivity index (χ4v) is 0.707. The maximum atomic E-state index is 11.3. The maximum Gasteiger partial charge on any atom is 0.249 e. The number of nitrogens with zero attached hydrogens (tertiary/aromatic N) is 1. The van der Waals surface area contributed by atoms with E-state index in [2.05, 4.69) is 0 Å². The van der Waals surface area contributed by atoms with Crippen molar-refractivity contribution in [2.45, 2.75) is 18.9 Å². The minimum Gasteiger partial charge on any atom is -0.368 e. The molecule has 2 amide bonds. The highest BCUT2D eigenvalue weighted by Gasteiger charge is 2.34. The molecule has 0 radical (unpaired) electrons. The van der Waals surface area contributed by atoms with Crippen LogP contribution in [0.3, 0.4) is 0 Å². The number of rotatable bonds is 4.